The van der Waals surface area contributed by atoms with Crippen LogP contribution in [0.1, 0.15) is 42.4 Å². The highest BCUT2D eigenvalue weighted by molar-refractivity contribution is 14.1. The minimum Gasteiger partial charge on any atom is -0.258 e. The van der Waals surface area contributed by atoms with Crippen LogP contribution in [0.2, 0.25) is 0 Å². The summed E-state index contributed by atoms with van der Waals surface area (Å²) < 4.78 is 8.71. The highest BCUT2D eigenvalue weighted by atomic mass is 127. The number of nitrogens with zero attached hydrogens (tertiary/aromatic N) is 1. The van der Waals surface area contributed by atoms with Gasteiger partial charge in [-0.25, -0.2) is 0 Å². The summed E-state index contributed by atoms with van der Waals surface area (Å²) in [6, 6.07) is 13.0. The average molecular weight is 378 g/mol. The Labute approximate surface area is 131 Å². The maximum Gasteiger partial charge on any atom is 0.269 e. The number of hydrogen-bond acceptors (Lipinski definition) is 2. The lowest BCUT2D eigenvalue weighted by Gasteiger charge is -2.46. The second-order valence-electron chi connectivity index (χ2n) is 5.31. The summed E-state index contributed by atoms with van der Waals surface area (Å²) in [4.78, 5) is 10.7. The molecule has 0 heterocycles. The Morgan fingerprint density at radius 2 is 2.00 bits per heavy atom. The monoisotopic (exact) mass is 378 g/mol. The van der Waals surface area contributed by atoms with Gasteiger partial charge in [0.1, 0.15) is 0 Å². The highest BCUT2D eigenvalue weighted by Crippen LogP contribution is 2.59. The number of benzene rings is 2. The third-order valence-electron chi connectivity index (χ3n) is 4.36. The van der Waals surface area contributed by atoms with E-state index in [1.807, 2.05) is 18.2 Å². The molecular formula is C16H12INO2. The van der Waals surface area contributed by atoms with Crippen LogP contribution in [-0.2, 0) is 3.42 Å². The van der Waals surface area contributed by atoms with Crippen LogP contribution in [0.25, 0.3) is 0 Å². The molecule has 3 aliphatic rings. The molecule has 0 saturated heterocycles. The summed E-state index contributed by atoms with van der Waals surface area (Å²) in [7, 11) is 0. The summed E-state index contributed by atoms with van der Waals surface area (Å²) in [6.07, 6.45) is 1.61. The van der Waals surface area contributed by atoms with Gasteiger partial charge in [0.15, 0.2) is 0 Å². The maximum atomic E-state index is 11.1. The number of fused-ring (bicyclic) bond motifs is 1. The van der Waals surface area contributed by atoms with Crippen molar-refractivity contribution in [2.75, 3.05) is 0 Å². The predicted molar refractivity (Wildman–Crippen MR) is 85.4 cm³/mol. The fraction of sp³-hybridized carbons (Fsp3) is 0.250. The minimum atomic E-state index is -0.770. The average Bonchev–Trinajstić information content (AvgIpc) is 2.50. The van der Waals surface area contributed by atoms with E-state index in [-0.39, 0.29) is 14.0 Å². The molecule has 0 fully saturated rings. The molecule has 3 nitrogen and oxygen atoms in total. The molecule has 4 heteroatoms. The molecule has 0 radical (unpaired) electrons. The van der Waals surface area contributed by atoms with Crippen LogP contribution in [0.4, 0.5) is 5.69 Å². The first-order valence-corrected chi connectivity index (χ1v) is 7.63. The van der Waals surface area contributed by atoms with Crippen molar-refractivity contribution in [1.29, 1.82) is 0 Å². The standard InChI is InChI=1S/C16H12INO2/c17-16-8-7-11(12-3-1-2-4-14(12)16)13-6-5-10(18(19)20)9-15(13)16/h1-6,9,11H,7-8H2/t11-,16-/m0/s1/i11D. The van der Waals surface area contributed by atoms with E-state index in [0.29, 0.717) is 0 Å². The zero-order valence-corrected chi connectivity index (χ0v) is 12.8. The molecule has 0 spiro atoms. The van der Waals surface area contributed by atoms with Gasteiger partial charge in [-0.2, -0.15) is 0 Å². The predicted octanol–water partition coefficient (Wildman–Crippen LogP) is 4.51. The first kappa shape index (κ1) is 11.3. The molecule has 0 saturated carbocycles. The molecule has 20 heavy (non-hydrogen) atoms. The summed E-state index contributed by atoms with van der Waals surface area (Å²) in [5.74, 6) is -0.770. The van der Waals surface area contributed by atoms with Crippen LogP contribution in [0.5, 0.6) is 0 Å². The number of nitro benzene ring substituents is 1. The van der Waals surface area contributed by atoms with E-state index in [4.69, 9.17) is 1.37 Å². The third-order valence-corrected chi connectivity index (χ3v) is 6.07. The zero-order valence-electron chi connectivity index (χ0n) is 11.6. The first-order valence-electron chi connectivity index (χ1n) is 7.05. The van der Waals surface area contributed by atoms with Crippen LogP contribution < -0.4 is 0 Å². The molecule has 2 aromatic rings. The second kappa shape index (κ2) is 4.04. The van der Waals surface area contributed by atoms with Crippen molar-refractivity contribution in [1.82, 2.24) is 0 Å². The van der Waals surface area contributed by atoms with E-state index in [1.54, 1.807) is 12.1 Å². The zero-order chi connectivity index (χ0) is 14.8. The Morgan fingerprint density at radius 1 is 1.25 bits per heavy atom. The number of rotatable bonds is 1. The summed E-state index contributed by atoms with van der Waals surface area (Å²) in [5.41, 5.74) is 4.16. The fourth-order valence-corrected chi connectivity index (χ4v) is 4.64. The lowest BCUT2D eigenvalue weighted by Crippen LogP contribution is -2.35. The first-order chi connectivity index (χ1) is 9.97. The number of halogens is 1. The summed E-state index contributed by atoms with van der Waals surface area (Å²) in [5, 5.41) is 11.1. The van der Waals surface area contributed by atoms with E-state index >= 15 is 0 Å². The van der Waals surface area contributed by atoms with E-state index in [9.17, 15) is 10.1 Å². The van der Waals surface area contributed by atoms with Gasteiger partial charge >= 0.3 is 0 Å². The number of nitro groups is 1. The lowest BCUT2D eigenvalue weighted by atomic mass is 9.64. The van der Waals surface area contributed by atoms with E-state index in [1.165, 1.54) is 6.07 Å². The Hall–Kier alpha value is -1.43. The molecule has 2 aromatic carbocycles. The molecule has 2 bridgehead atoms. The van der Waals surface area contributed by atoms with Crippen molar-refractivity contribution in [3.8, 4) is 0 Å². The maximum absolute atomic E-state index is 11.1. The van der Waals surface area contributed by atoms with Crippen LogP contribution in [0.15, 0.2) is 42.5 Å². The van der Waals surface area contributed by atoms with Crippen molar-refractivity contribution >= 4 is 28.3 Å². The summed E-state index contributed by atoms with van der Waals surface area (Å²) in [6.45, 7) is 0. The Morgan fingerprint density at radius 3 is 2.80 bits per heavy atom. The largest absolute Gasteiger partial charge is 0.269 e. The normalized spacial score (nSPS) is 30.4. The van der Waals surface area contributed by atoms with E-state index < -0.39 is 5.89 Å². The Kier molecular flexibility index (Phi) is 2.27. The van der Waals surface area contributed by atoms with Crippen molar-refractivity contribution in [3.05, 3.63) is 74.8 Å². The molecule has 0 unspecified atom stereocenters. The molecule has 0 aromatic heterocycles. The summed E-state index contributed by atoms with van der Waals surface area (Å²) >= 11 is 2.42. The van der Waals surface area contributed by atoms with Crippen LogP contribution >= 0.6 is 22.6 Å². The molecule has 3 aliphatic carbocycles. The molecular weight excluding hydrogens is 365 g/mol. The van der Waals surface area contributed by atoms with E-state index in [0.717, 1.165) is 35.1 Å². The van der Waals surface area contributed by atoms with Crippen molar-refractivity contribution in [2.24, 2.45) is 0 Å². The van der Waals surface area contributed by atoms with Crippen LogP contribution in [0.3, 0.4) is 0 Å². The topological polar surface area (TPSA) is 43.1 Å². The van der Waals surface area contributed by atoms with Crippen LogP contribution in [-0.4, -0.2) is 4.92 Å². The van der Waals surface area contributed by atoms with Crippen LogP contribution in [0, 0.1) is 10.1 Å². The van der Waals surface area contributed by atoms with Gasteiger partial charge in [0.2, 0.25) is 0 Å². The van der Waals surface area contributed by atoms with Gasteiger partial charge in [-0.1, -0.05) is 52.9 Å². The van der Waals surface area contributed by atoms with Gasteiger partial charge in [0.25, 0.3) is 5.69 Å². The van der Waals surface area contributed by atoms with Gasteiger partial charge in [0, 0.05) is 19.4 Å². The Bertz CT molecular complexity index is 794. The lowest BCUT2D eigenvalue weighted by molar-refractivity contribution is -0.385. The minimum absolute atomic E-state index is 0.110. The van der Waals surface area contributed by atoms with Gasteiger partial charge in [-0.05, 0) is 35.1 Å². The molecule has 2 atom stereocenters. The Balaban J connectivity index is 2.07. The van der Waals surface area contributed by atoms with Crippen molar-refractivity contribution in [3.63, 3.8) is 0 Å². The quantitative estimate of drug-likeness (QED) is 0.317. The van der Waals surface area contributed by atoms with Gasteiger partial charge in [-0.15, -0.1) is 0 Å². The van der Waals surface area contributed by atoms with Crippen molar-refractivity contribution in [2.45, 2.75) is 22.2 Å². The molecule has 0 amide bonds. The number of alkyl halides is 1. The SMILES string of the molecule is [2H][C@]12CC[C@](I)(c3ccccc31)c1cc([N+](=O)[O-])ccc12. The molecule has 100 valence electrons. The number of hydrogen-bond donors (Lipinski definition) is 0. The van der Waals surface area contributed by atoms with Gasteiger partial charge < -0.3 is 0 Å². The second-order valence-corrected chi connectivity index (χ2v) is 7.15. The van der Waals surface area contributed by atoms with Gasteiger partial charge in [0.05, 0.1) is 8.35 Å². The molecule has 0 N–H and O–H groups in total. The third kappa shape index (κ3) is 1.45. The van der Waals surface area contributed by atoms with Gasteiger partial charge in [-0.3, -0.25) is 10.1 Å². The number of non-ortho nitro benzene ring substituents is 1. The molecule has 0 aliphatic heterocycles. The highest BCUT2D eigenvalue weighted by Gasteiger charge is 2.47. The fourth-order valence-electron chi connectivity index (χ4n) is 3.45. The van der Waals surface area contributed by atoms with Crippen molar-refractivity contribution < 1.29 is 6.29 Å². The smallest absolute Gasteiger partial charge is 0.258 e. The molecule has 5 rings (SSSR count). The van der Waals surface area contributed by atoms with E-state index in [2.05, 4.69) is 28.7 Å².